The summed E-state index contributed by atoms with van der Waals surface area (Å²) < 4.78 is 0. The SMILES string of the molecule is NC(=O)N1C=C2C=CN=CC=C2C1. The van der Waals surface area contributed by atoms with Gasteiger partial charge in [0, 0.05) is 18.6 Å². The highest BCUT2D eigenvalue weighted by Crippen LogP contribution is 2.22. The van der Waals surface area contributed by atoms with Gasteiger partial charge >= 0.3 is 6.03 Å². The van der Waals surface area contributed by atoms with Crippen molar-refractivity contribution in [1.82, 2.24) is 4.90 Å². The lowest BCUT2D eigenvalue weighted by molar-refractivity contribution is 0.229. The lowest BCUT2D eigenvalue weighted by atomic mass is 10.1. The molecule has 2 aliphatic heterocycles. The van der Waals surface area contributed by atoms with Gasteiger partial charge in [-0.1, -0.05) is 0 Å². The molecule has 2 amide bonds. The molecule has 2 N–H and O–H groups in total. The fourth-order valence-corrected chi connectivity index (χ4v) is 1.32. The van der Waals surface area contributed by atoms with Gasteiger partial charge in [0.2, 0.25) is 0 Å². The van der Waals surface area contributed by atoms with E-state index in [2.05, 4.69) is 4.99 Å². The van der Waals surface area contributed by atoms with Gasteiger partial charge in [0.05, 0.1) is 6.54 Å². The maximum absolute atomic E-state index is 10.8. The first kappa shape index (κ1) is 7.79. The molecule has 0 aromatic carbocycles. The molecule has 4 nitrogen and oxygen atoms in total. The molecule has 0 aromatic rings. The second kappa shape index (κ2) is 2.90. The van der Waals surface area contributed by atoms with Crippen LogP contribution in [0.4, 0.5) is 4.79 Å². The van der Waals surface area contributed by atoms with Crippen LogP contribution in [-0.2, 0) is 0 Å². The number of fused-ring (bicyclic) bond motifs is 1. The Hall–Kier alpha value is -1.84. The van der Waals surface area contributed by atoms with E-state index < -0.39 is 6.03 Å². The van der Waals surface area contributed by atoms with Crippen LogP contribution in [0.5, 0.6) is 0 Å². The first-order valence-electron chi connectivity index (χ1n) is 3.94. The van der Waals surface area contributed by atoms with Crippen molar-refractivity contribution in [2.24, 2.45) is 10.7 Å². The summed E-state index contributed by atoms with van der Waals surface area (Å²) in [6.07, 6.45) is 8.88. The van der Waals surface area contributed by atoms with Crippen LogP contribution in [0, 0.1) is 0 Å². The Balaban J connectivity index is 2.31. The molecule has 2 rings (SSSR count). The van der Waals surface area contributed by atoms with Crippen molar-refractivity contribution in [2.75, 3.05) is 6.54 Å². The predicted molar refractivity (Wildman–Crippen MR) is 50.1 cm³/mol. The van der Waals surface area contributed by atoms with Gasteiger partial charge in [-0.05, 0) is 23.3 Å². The zero-order valence-electron chi connectivity index (χ0n) is 6.97. The fourth-order valence-electron chi connectivity index (χ4n) is 1.32. The lowest BCUT2D eigenvalue weighted by Crippen LogP contribution is -2.29. The molecule has 0 bridgehead atoms. The number of amides is 2. The maximum Gasteiger partial charge on any atom is 0.319 e. The molecular weight excluding hydrogens is 166 g/mol. The maximum atomic E-state index is 10.8. The average Bonchev–Trinajstić information content (AvgIpc) is 2.38. The van der Waals surface area contributed by atoms with Gasteiger partial charge in [0.15, 0.2) is 0 Å². The molecule has 0 saturated heterocycles. The normalized spacial score (nSPS) is 19.2. The van der Waals surface area contributed by atoms with Crippen LogP contribution < -0.4 is 5.73 Å². The number of carbonyl (C=O) groups is 1. The first-order chi connectivity index (χ1) is 6.27. The molecule has 0 fully saturated rings. The highest BCUT2D eigenvalue weighted by Gasteiger charge is 2.19. The van der Waals surface area contributed by atoms with Gasteiger partial charge in [0.1, 0.15) is 0 Å². The number of allylic oxidation sites excluding steroid dienone is 2. The topological polar surface area (TPSA) is 58.7 Å². The molecule has 0 radical (unpaired) electrons. The minimum Gasteiger partial charge on any atom is -0.351 e. The molecule has 2 heterocycles. The van der Waals surface area contributed by atoms with E-state index in [1.54, 1.807) is 18.6 Å². The molecule has 0 aliphatic carbocycles. The van der Waals surface area contributed by atoms with Crippen molar-refractivity contribution >= 4 is 12.2 Å². The number of hydrogen-bond donors (Lipinski definition) is 1. The number of aliphatic imine (C=N–C) groups is 1. The fraction of sp³-hybridized carbons (Fsp3) is 0.111. The summed E-state index contributed by atoms with van der Waals surface area (Å²) in [4.78, 5) is 16.3. The summed E-state index contributed by atoms with van der Waals surface area (Å²) in [5.74, 6) is 0. The molecule has 2 aliphatic rings. The van der Waals surface area contributed by atoms with Crippen LogP contribution in [0.2, 0.25) is 0 Å². The van der Waals surface area contributed by atoms with Gasteiger partial charge in [-0.25, -0.2) is 4.79 Å². The molecule has 0 spiro atoms. The Morgan fingerprint density at radius 3 is 3.23 bits per heavy atom. The Kier molecular flexibility index (Phi) is 1.73. The molecule has 4 heteroatoms. The number of rotatable bonds is 0. The number of urea groups is 1. The Morgan fingerprint density at radius 1 is 1.62 bits per heavy atom. The average molecular weight is 175 g/mol. The Labute approximate surface area is 75.7 Å². The zero-order valence-corrected chi connectivity index (χ0v) is 6.97. The minimum absolute atomic E-state index is 0.424. The number of carbonyl (C=O) groups excluding carboxylic acids is 1. The highest BCUT2D eigenvalue weighted by atomic mass is 16.2. The summed E-state index contributed by atoms with van der Waals surface area (Å²) in [6.45, 7) is 0.543. The van der Waals surface area contributed by atoms with E-state index in [0.29, 0.717) is 6.54 Å². The number of hydrogen-bond acceptors (Lipinski definition) is 2. The summed E-state index contributed by atoms with van der Waals surface area (Å²) in [5.41, 5.74) is 7.21. The van der Waals surface area contributed by atoms with Crippen molar-refractivity contribution in [2.45, 2.75) is 0 Å². The minimum atomic E-state index is -0.424. The lowest BCUT2D eigenvalue weighted by Gasteiger charge is -2.07. The summed E-state index contributed by atoms with van der Waals surface area (Å²) >= 11 is 0. The van der Waals surface area contributed by atoms with E-state index in [4.69, 9.17) is 5.73 Å². The van der Waals surface area contributed by atoms with Crippen LogP contribution in [-0.4, -0.2) is 23.7 Å². The smallest absolute Gasteiger partial charge is 0.319 e. The van der Waals surface area contributed by atoms with Crippen molar-refractivity contribution in [3.8, 4) is 0 Å². The van der Waals surface area contributed by atoms with E-state index in [1.165, 1.54) is 4.90 Å². The van der Waals surface area contributed by atoms with Gasteiger partial charge in [0.25, 0.3) is 0 Å². The van der Waals surface area contributed by atoms with Crippen molar-refractivity contribution in [3.05, 3.63) is 35.7 Å². The van der Waals surface area contributed by atoms with E-state index in [1.807, 2.05) is 12.2 Å². The molecule has 13 heavy (non-hydrogen) atoms. The predicted octanol–water partition coefficient (Wildman–Crippen LogP) is 0.789. The largest absolute Gasteiger partial charge is 0.351 e. The van der Waals surface area contributed by atoms with Crippen molar-refractivity contribution in [3.63, 3.8) is 0 Å². The van der Waals surface area contributed by atoms with Gasteiger partial charge in [-0.3, -0.25) is 9.89 Å². The third-order valence-electron chi connectivity index (χ3n) is 1.99. The Morgan fingerprint density at radius 2 is 2.46 bits per heavy atom. The third-order valence-corrected chi connectivity index (χ3v) is 1.99. The highest BCUT2D eigenvalue weighted by molar-refractivity contribution is 5.80. The third kappa shape index (κ3) is 1.38. The molecule has 0 aromatic heterocycles. The van der Waals surface area contributed by atoms with E-state index in [-0.39, 0.29) is 0 Å². The summed E-state index contributed by atoms with van der Waals surface area (Å²) in [5, 5.41) is 0. The second-order valence-corrected chi connectivity index (χ2v) is 2.86. The monoisotopic (exact) mass is 175 g/mol. The van der Waals surface area contributed by atoms with E-state index >= 15 is 0 Å². The molecule has 0 unspecified atom stereocenters. The Bertz CT molecular complexity index is 363. The van der Waals surface area contributed by atoms with Crippen LogP contribution >= 0.6 is 0 Å². The van der Waals surface area contributed by atoms with Gasteiger partial charge in [-0.2, -0.15) is 0 Å². The van der Waals surface area contributed by atoms with Crippen LogP contribution in [0.1, 0.15) is 0 Å². The van der Waals surface area contributed by atoms with Crippen LogP contribution in [0.3, 0.4) is 0 Å². The van der Waals surface area contributed by atoms with Gasteiger partial charge < -0.3 is 5.73 Å². The van der Waals surface area contributed by atoms with Gasteiger partial charge in [-0.15, -0.1) is 0 Å². The summed E-state index contributed by atoms with van der Waals surface area (Å²) in [6, 6.07) is -0.424. The standard InChI is InChI=1S/C9H9N3O/c10-9(13)12-5-7-1-3-11-4-2-8(7)6-12/h1-5H,6H2,(H2,10,13). The quantitative estimate of drug-likeness (QED) is 0.581. The van der Waals surface area contributed by atoms with Crippen molar-refractivity contribution < 1.29 is 4.79 Å². The molecule has 66 valence electrons. The van der Waals surface area contributed by atoms with Crippen LogP contribution in [0.25, 0.3) is 0 Å². The number of primary amides is 1. The first-order valence-corrected chi connectivity index (χ1v) is 3.94. The second-order valence-electron chi connectivity index (χ2n) is 2.86. The number of nitrogens with two attached hydrogens (primary N) is 1. The summed E-state index contributed by atoms with van der Waals surface area (Å²) in [7, 11) is 0. The molecule has 0 atom stereocenters. The zero-order chi connectivity index (χ0) is 9.26. The number of nitrogens with zero attached hydrogens (tertiary/aromatic N) is 2. The van der Waals surface area contributed by atoms with E-state index in [0.717, 1.165) is 11.1 Å². The van der Waals surface area contributed by atoms with Crippen LogP contribution in [0.15, 0.2) is 40.7 Å². The molecular formula is C9H9N3O. The molecule has 0 saturated carbocycles. The van der Waals surface area contributed by atoms with Crippen molar-refractivity contribution in [1.29, 1.82) is 0 Å². The van der Waals surface area contributed by atoms with E-state index in [9.17, 15) is 4.79 Å².